The predicted octanol–water partition coefficient (Wildman–Crippen LogP) is 5.20. The zero-order chi connectivity index (χ0) is 19.4. The number of hydrogen-bond donors (Lipinski definition) is 0. The summed E-state index contributed by atoms with van der Waals surface area (Å²) in [6, 6.07) is 11.1. The number of halogens is 2. The number of benzene rings is 2. The minimum absolute atomic E-state index is 0.240. The SMILES string of the molecule is CCCOc1ccc(/C=C2\N=C(c3ccc(I)c(Br)c3)OC2=O)cc1OC. The Morgan fingerprint density at radius 1 is 1.22 bits per heavy atom. The molecule has 0 N–H and O–H groups in total. The first-order valence-corrected chi connectivity index (χ1v) is 10.2. The van der Waals surface area contributed by atoms with E-state index >= 15 is 0 Å². The maximum atomic E-state index is 12.2. The van der Waals surface area contributed by atoms with Crippen molar-refractivity contribution in [3.8, 4) is 11.5 Å². The first-order chi connectivity index (χ1) is 13.0. The molecule has 3 rings (SSSR count). The Bertz CT molecular complexity index is 940. The van der Waals surface area contributed by atoms with E-state index in [0.717, 1.165) is 25.6 Å². The van der Waals surface area contributed by atoms with Gasteiger partial charge in [0, 0.05) is 13.6 Å². The van der Waals surface area contributed by atoms with Crippen LogP contribution in [0.4, 0.5) is 0 Å². The second kappa shape index (κ2) is 8.88. The molecule has 0 aromatic heterocycles. The Morgan fingerprint density at radius 3 is 2.74 bits per heavy atom. The predicted molar refractivity (Wildman–Crippen MR) is 116 cm³/mol. The Morgan fingerprint density at radius 2 is 2.04 bits per heavy atom. The Balaban J connectivity index is 1.88. The molecular weight excluding hydrogens is 525 g/mol. The molecule has 1 heterocycles. The van der Waals surface area contributed by atoms with Crippen molar-refractivity contribution < 1.29 is 19.0 Å². The molecule has 0 fully saturated rings. The third kappa shape index (κ3) is 4.70. The van der Waals surface area contributed by atoms with Crippen molar-refractivity contribution in [2.45, 2.75) is 13.3 Å². The Kier molecular flexibility index (Phi) is 6.54. The molecule has 27 heavy (non-hydrogen) atoms. The number of ether oxygens (including phenoxy) is 3. The van der Waals surface area contributed by atoms with Crippen LogP contribution < -0.4 is 9.47 Å². The smallest absolute Gasteiger partial charge is 0.363 e. The molecule has 0 saturated carbocycles. The number of nitrogens with zero attached hydrogens (tertiary/aromatic N) is 1. The molecule has 0 amide bonds. The first-order valence-electron chi connectivity index (χ1n) is 8.30. The van der Waals surface area contributed by atoms with E-state index in [1.165, 1.54) is 0 Å². The fourth-order valence-corrected chi connectivity index (χ4v) is 3.14. The molecule has 2 aromatic rings. The minimum Gasteiger partial charge on any atom is -0.493 e. The van der Waals surface area contributed by atoms with Crippen LogP contribution in [0.5, 0.6) is 11.5 Å². The van der Waals surface area contributed by atoms with Gasteiger partial charge in [-0.15, -0.1) is 0 Å². The highest BCUT2D eigenvalue weighted by Crippen LogP contribution is 2.30. The number of aliphatic imine (C=N–C) groups is 1. The van der Waals surface area contributed by atoms with Crippen LogP contribution in [0.25, 0.3) is 6.08 Å². The van der Waals surface area contributed by atoms with Crippen LogP contribution in [-0.4, -0.2) is 25.6 Å². The first kappa shape index (κ1) is 19.9. The van der Waals surface area contributed by atoms with Gasteiger partial charge in [0.15, 0.2) is 17.2 Å². The quantitative estimate of drug-likeness (QED) is 0.287. The highest BCUT2D eigenvalue weighted by molar-refractivity contribution is 14.1. The van der Waals surface area contributed by atoms with E-state index in [1.807, 2.05) is 37.3 Å². The van der Waals surface area contributed by atoms with Gasteiger partial charge in [-0.25, -0.2) is 9.79 Å². The molecule has 7 heteroatoms. The number of cyclic esters (lactones) is 1. The van der Waals surface area contributed by atoms with Crippen LogP contribution in [0.3, 0.4) is 0 Å². The molecule has 0 radical (unpaired) electrons. The van der Waals surface area contributed by atoms with Crippen molar-refractivity contribution in [2.75, 3.05) is 13.7 Å². The molecule has 5 nitrogen and oxygen atoms in total. The largest absolute Gasteiger partial charge is 0.493 e. The molecular formula is C20H17BrINO4. The van der Waals surface area contributed by atoms with Crippen LogP contribution in [-0.2, 0) is 9.53 Å². The molecule has 0 bridgehead atoms. The van der Waals surface area contributed by atoms with Gasteiger partial charge < -0.3 is 14.2 Å². The van der Waals surface area contributed by atoms with Crippen molar-refractivity contribution >= 4 is 56.5 Å². The van der Waals surface area contributed by atoms with Crippen LogP contribution in [0.2, 0.25) is 0 Å². The zero-order valence-corrected chi connectivity index (χ0v) is 18.5. The molecule has 0 spiro atoms. The molecule has 0 saturated heterocycles. The monoisotopic (exact) mass is 541 g/mol. The summed E-state index contributed by atoms with van der Waals surface area (Å²) < 4.78 is 18.3. The Hall–Kier alpha value is -1.87. The van der Waals surface area contributed by atoms with Gasteiger partial charge in [0.25, 0.3) is 0 Å². The number of hydrogen-bond acceptors (Lipinski definition) is 5. The van der Waals surface area contributed by atoms with Crippen molar-refractivity contribution in [2.24, 2.45) is 4.99 Å². The lowest BCUT2D eigenvalue weighted by atomic mass is 10.1. The van der Waals surface area contributed by atoms with E-state index in [0.29, 0.717) is 24.0 Å². The normalized spacial score (nSPS) is 14.9. The molecule has 2 aromatic carbocycles. The average molecular weight is 542 g/mol. The molecule has 0 aliphatic carbocycles. The number of esters is 1. The van der Waals surface area contributed by atoms with E-state index < -0.39 is 5.97 Å². The molecule has 1 aliphatic rings. The van der Waals surface area contributed by atoms with Gasteiger partial charge in [-0.1, -0.05) is 13.0 Å². The van der Waals surface area contributed by atoms with E-state index in [9.17, 15) is 4.79 Å². The lowest BCUT2D eigenvalue weighted by Gasteiger charge is -2.10. The fourth-order valence-electron chi connectivity index (χ4n) is 2.42. The second-order valence-corrected chi connectivity index (χ2v) is 7.74. The van der Waals surface area contributed by atoms with Crippen molar-refractivity contribution in [1.29, 1.82) is 0 Å². The van der Waals surface area contributed by atoms with Crippen LogP contribution in [0.1, 0.15) is 24.5 Å². The van der Waals surface area contributed by atoms with Crippen molar-refractivity contribution in [3.63, 3.8) is 0 Å². The highest BCUT2D eigenvalue weighted by Gasteiger charge is 2.24. The van der Waals surface area contributed by atoms with Crippen LogP contribution >= 0.6 is 38.5 Å². The number of carbonyl (C=O) groups is 1. The lowest BCUT2D eigenvalue weighted by Crippen LogP contribution is -2.05. The van der Waals surface area contributed by atoms with Crippen LogP contribution in [0, 0.1) is 3.57 Å². The van der Waals surface area contributed by atoms with Gasteiger partial charge >= 0.3 is 5.97 Å². The van der Waals surface area contributed by atoms with Gasteiger partial charge in [0.2, 0.25) is 5.90 Å². The van der Waals surface area contributed by atoms with Crippen molar-refractivity contribution in [3.05, 3.63) is 61.3 Å². The van der Waals surface area contributed by atoms with E-state index in [4.69, 9.17) is 14.2 Å². The summed E-state index contributed by atoms with van der Waals surface area (Å²) in [5.74, 6) is 1.08. The maximum absolute atomic E-state index is 12.2. The summed E-state index contributed by atoms with van der Waals surface area (Å²) in [6.45, 7) is 2.65. The average Bonchev–Trinajstić information content (AvgIpc) is 3.03. The third-order valence-corrected chi connectivity index (χ3v) is 6.08. The summed E-state index contributed by atoms with van der Waals surface area (Å²) in [7, 11) is 1.58. The van der Waals surface area contributed by atoms with Gasteiger partial charge in [0.05, 0.1) is 13.7 Å². The van der Waals surface area contributed by atoms with Crippen LogP contribution in [0.15, 0.2) is 51.6 Å². The number of methoxy groups -OCH3 is 1. The second-order valence-electron chi connectivity index (χ2n) is 5.72. The molecule has 0 unspecified atom stereocenters. The summed E-state index contributed by atoms with van der Waals surface area (Å²) in [4.78, 5) is 16.5. The lowest BCUT2D eigenvalue weighted by molar-refractivity contribution is -0.129. The topological polar surface area (TPSA) is 57.1 Å². The zero-order valence-electron chi connectivity index (χ0n) is 14.8. The minimum atomic E-state index is -0.482. The van der Waals surface area contributed by atoms with E-state index in [1.54, 1.807) is 19.3 Å². The fraction of sp³-hybridized carbons (Fsp3) is 0.200. The van der Waals surface area contributed by atoms with Crippen molar-refractivity contribution in [1.82, 2.24) is 0 Å². The van der Waals surface area contributed by atoms with Gasteiger partial charge in [0.1, 0.15) is 0 Å². The molecule has 0 atom stereocenters. The van der Waals surface area contributed by atoms with Gasteiger partial charge in [-0.05, 0) is 86.9 Å². The van der Waals surface area contributed by atoms with E-state index in [-0.39, 0.29) is 5.70 Å². The number of rotatable bonds is 6. The summed E-state index contributed by atoms with van der Waals surface area (Å²) in [6.07, 6.45) is 2.58. The number of carbonyl (C=O) groups excluding carboxylic acids is 1. The summed E-state index contributed by atoms with van der Waals surface area (Å²) >= 11 is 5.69. The molecule has 1 aliphatic heterocycles. The molecule has 140 valence electrons. The maximum Gasteiger partial charge on any atom is 0.363 e. The summed E-state index contributed by atoms with van der Waals surface area (Å²) in [5.41, 5.74) is 1.75. The van der Waals surface area contributed by atoms with Gasteiger partial charge in [-0.3, -0.25) is 0 Å². The van der Waals surface area contributed by atoms with Gasteiger partial charge in [-0.2, -0.15) is 0 Å². The summed E-state index contributed by atoms with van der Waals surface area (Å²) in [5, 5.41) is 0. The standard InChI is InChI=1S/C20H17BrINO4/c1-3-8-26-17-7-4-12(10-18(17)25-2)9-16-20(24)27-19(23-16)13-5-6-15(22)14(21)11-13/h4-7,9-11H,3,8H2,1-2H3/b16-9-. The highest BCUT2D eigenvalue weighted by atomic mass is 127. The third-order valence-electron chi connectivity index (χ3n) is 3.74. The Labute approximate surface area is 179 Å². The van der Waals surface area contributed by atoms with E-state index in [2.05, 4.69) is 43.5 Å².